The van der Waals surface area contributed by atoms with Crippen molar-refractivity contribution in [1.82, 2.24) is 4.98 Å². The predicted octanol–water partition coefficient (Wildman–Crippen LogP) is 6.03. The van der Waals surface area contributed by atoms with Gasteiger partial charge in [-0.1, -0.05) is 19.3 Å². The minimum absolute atomic E-state index is 0.297. The molecule has 0 aliphatic heterocycles. The van der Waals surface area contributed by atoms with E-state index in [9.17, 15) is 5.11 Å². The molecule has 0 radical (unpaired) electrons. The zero-order valence-electron chi connectivity index (χ0n) is 14.7. The number of aromatic hydroxyl groups is 1. The Balaban J connectivity index is 1.76. The first-order valence-corrected chi connectivity index (χ1v) is 9.81. The molecule has 0 unspecified atom stereocenters. The first kappa shape index (κ1) is 16.4. The van der Waals surface area contributed by atoms with Crippen LogP contribution in [0.1, 0.15) is 48.6 Å². The molecule has 4 rings (SSSR count). The molecule has 0 bridgehead atoms. The predicted molar refractivity (Wildman–Crippen MR) is 104 cm³/mol. The zero-order valence-corrected chi connectivity index (χ0v) is 15.5. The summed E-state index contributed by atoms with van der Waals surface area (Å²) in [6.07, 6.45) is 6.50. The van der Waals surface area contributed by atoms with Crippen LogP contribution < -0.4 is 4.74 Å². The van der Waals surface area contributed by atoms with Crippen LogP contribution in [0.15, 0.2) is 29.6 Å². The summed E-state index contributed by atoms with van der Waals surface area (Å²) in [5, 5.41) is 15.7. The Morgan fingerprint density at radius 2 is 1.92 bits per heavy atom. The van der Waals surface area contributed by atoms with Crippen LogP contribution in [0.3, 0.4) is 0 Å². The summed E-state index contributed by atoms with van der Waals surface area (Å²) >= 11 is 1.76. The third kappa shape index (κ3) is 2.99. The molecule has 25 heavy (non-hydrogen) atoms. The summed E-state index contributed by atoms with van der Waals surface area (Å²) in [5.74, 6) is 1.75. The number of thiazole rings is 1. The second-order valence-electron chi connectivity index (χ2n) is 6.89. The molecule has 4 heteroatoms. The molecule has 1 aliphatic carbocycles. The fourth-order valence-electron chi connectivity index (χ4n) is 3.87. The molecule has 1 heterocycles. The highest BCUT2D eigenvalue weighted by atomic mass is 32.1. The minimum Gasteiger partial charge on any atom is -0.507 e. The normalized spacial score (nSPS) is 15.6. The monoisotopic (exact) mass is 353 g/mol. The van der Waals surface area contributed by atoms with E-state index in [-0.39, 0.29) is 0 Å². The van der Waals surface area contributed by atoms with Crippen molar-refractivity contribution in [2.75, 3.05) is 7.11 Å². The van der Waals surface area contributed by atoms with Crippen molar-refractivity contribution in [3.05, 3.63) is 40.2 Å². The molecule has 3 nitrogen and oxygen atoms in total. The maximum absolute atomic E-state index is 10.5. The van der Waals surface area contributed by atoms with E-state index >= 15 is 0 Å². The van der Waals surface area contributed by atoms with Crippen LogP contribution in [-0.2, 0) is 0 Å². The van der Waals surface area contributed by atoms with Gasteiger partial charge in [-0.2, -0.15) is 0 Å². The van der Waals surface area contributed by atoms with Gasteiger partial charge in [-0.05, 0) is 55.0 Å². The van der Waals surface area contributed by atoms with Crippen molar-refractivity contribution in [3.8, 4) is 22.8 Å². The van der Waals surface area contributed by atoms with Gasteiger partial charge in [0.15, 0.2) is 0 Å². The fourth-order valence-corrected chi connectivity index (χ4v) is 4.87. The van der Waals surface area contributed by atoms with Gasteiger partial charge in [0, 0.05) is 22.2 Å². The van der Waals surface area contributed by atoms with Gasteiger partial charge in [-0.3, -0.25) is 0 Å². The fraction of sp³-hybridized carbons (Fsp3) is 0.381. The van der Waals surface area contributed by atoms with E-state index in [1.165, 1.54) is 37.1 Å². The summed E-state index contributed by atoms with van der Waals surface area (Å²) in [6, 6.07) is 7.76. The average molecular weight is 353 g/mol. The lowest BCUT2D eigenvalue weighted by molar-refractivity contribution is 0.412. The molecule has 0 atom stereocenters. The van der Waals surface area contributed by atoms with Crippen LogP contribution in [0.25, 0.3) is 22.0 Å². The third-order valence-electron chi connectivity index (χ3n) is 5.33. The zero-order chi connectivity index (χ0) is 17.4. The molecule has 1 N–H and O–H groups in total. The van der Waals surface area contributed by atoms with Crippen LogP contribution in [0.4, 0.5) is 0 Å². The van der Waals surface area contributed by atoms with Gasteiger partial charge in [0.05, 0.1) is 17.8 Å². The van der Waals surface area contributed by atoms with Gasteiger partial charge >= 0.3 is 0 Å². The minimum atomic E-state index is 0.297. The smallest absolute Gasteiger partial charge is 0.124 e. The van der Waals surface area contributed by atoms with Gasteiger partial charge in [-0.15, -0.1) is 11.3 Å². The van der Waals surface area contributed by atoms with Crippen molar-refractivity contribution >= 4 is 22.1 Å². The van der Waals surface area contributed by atoms with E-state index in [1.807, 2.05) is 25.1 Å². The number of phenols is 1. The Labute approximate surface area is 152 Å². The molecule has 1 aliphatic rings. The average Bonchev–Trinajstić information content (AvgIpc) is 3.13. The maximum Gasteiger partial charge on any atom is 0.124 e. The molecule has 1 saturated carbocycles. The Hall–Kier alpha value is -2.07. The van der Waals surface area contributed by atoms with Crippen molar-refractivity contribution in [2.24, 2.45) is 0 Å². The quantitative estimate of drug-likeness (QED) is 0.625. The molecule has 0 amide bonds. The lowest BCUT2D eigenvalue weighted by atomic mass is 9.90. The van der Waals surface area contributed by atoms with Crippen molar-refractivity contribution in [2.45, 2.75) is 44.9 Å². The number of fused-ring (bicyclic) bond motifs is 1. The van der Waals surface area contributed by atoms with Crippen LogP contribution in [0.5, 0.6) is 11.5 Å². The van der Waals surface area contributed by atoms with E-state index in [4.69, 9.17) is 9.72 Å². The molecule has 1 fully saturated rings. The molecule has 2 aromatic carbocycles. The Bertz CT molecular complexity index is 910. The van der Waals surface area contributed by atoms with Crippen molar-refractivity contribution in [1.29, 1.82) is 0 Å². The highest BCUT2D eigenvalue weighted by molar-refractivity contribution is 7.10. The van der Waals surface area contributed by atoms with Crippen molar-refractivity contribution < 1.29 is 9.84 Å². The number of hydrogen-bond acceptors (Lipinski definition) is 4. The van der Waals surface area contributed by atoms with E-state index in [0.29, 0.717) is 11.7 Å². The SMILES string of the molecule is COc1ccc2c(O)cc(-c3csc(C4CCCCC4)n3)cc2c1C. The first-order valence-electron chi connectivity index (χ1n) is 8.93. The molecule has 130 valence electrons. The van der Waals surface area contributed by atoms with E-state index in [0.717, 1.165) is 33.3 Å². The molecule has 1 aromatic heterocycles. The second kappa shape index (κ2) is 6.68. The summed E-state index contributed by atoms with van der Waals surface area (Å²) in [6.45, 7) is 2.03. The number of aromatic nitrogens is 1. The van der Waals surface area contributed by atoms with Crippen LogP contribution in [0, 0.1) is 6.92 Å². The van der Waals surface area contributed by atoms with Gasteiger partial charge in [0.1, 0.15) is 11.5 Å². The van der Waals surface area contributed by atoms with Crippen LogP contribution in [0.2, 0.25) is 0 Å². The van der Waals surface area contributed by atoms with Crippen molar-refractivity contribution in [3.63, 3.8) is 0 Å². The maximum atomic E-state index is 10.5. The van der Waals surface area contributed by atoms with Crippen LogP contribution in [-0.4, -0.2) is 17.2 Å². The lowest BCUT2D eigenvalue weighted by Gasteiger charge is -2.18. The largest absolute Gasteiger partial charge is 0.507 e. The van der Waals surface area contributed by atoms with Crippen LogP contribution >= 0.6 is 11.3 Å². The number of benzene rings is 2. The van der Waals surface area contributed by atoms with E-state index in [1.54, 1.807) is 18.4 Å². The highest BCUT2D eigenvalue weighted by Crippen LogP contribution is 2.39. The van der Waals surface area contributed by atoms with E-state index < -0.39 is 0 Å². The number of methoxy groups -OCH3 is 1. The number of aryl methyl sites for hydroxylation is 1. The lowest BCUT2D eigenvalue weighted by Crippen LogP contribution is -2.03. The number of phenolic OH excluding ortho intramolecular Hbond substituents is 1. The van der Waals surface area contributed by atoms with E-state index in [2.05, 4.69) is 11.4 Å². The topological polar surface area (TPSA) is 42.4 Å². The number of rotatable bonds is 3. The standard InChI is InChI=1S/C21H23NO2S/c1-13-17-10-15(11-19(23)16(17)8-9-20(13)24-2)18-12-25-21(22-18)14-6-4-3-5-7-14/h8-12,14,23H,3-7H2,1-2H3. The number of nitrogens with zero attached hydrogens (tertiary/aromatic N) is 1. The van der Waals surface area contributed by atoms with Gasteiger partial charge in [0.2, 0.25) is 0 Å². The summed E-state index contributed by atoms with van der Waals surface area (Å²) < 4.78 is 5.43. The number of ether oxygens (including phenoxy) is 1. The third-order valence-corrected chi connectivity index (χ3v) is 6.33. The summed E-state index contributed by atoms with van der Waals surface area (Å²) in [7, 11) is 1.68. The first-order chi connectivity index (χ1) is 12.2. The molecule has 0 saturated heterocycles. The summed E-state index contributed by atoms with van der Waals surface area (Å²) in [4.78, 5) is 4.90. The van der Waals surface area contributed by atoms with Gasteiger partial charge in [0.25, 0.3) is 0 Å². The molecule has 3 aromatic rings. The Morgan fingerprint density at radius 3 is 2.68 bits per heavy atom. The number of hydrogen-bond donors (Lipinski definition) is 1. The summed E-state index contributed by atoms with van der Waals surface area (Å²) in [5.41, 5.74) is 2.98. The van der Waals surface area contributed by atoms with Gasteiger partial charge < -0.3 is 9.84 Å². The van der Waals surface area contributed by atoms with Gasteiger partial charge in [-0.25, -0.2) is 4.98 Å². The Morgan fingerprint density at radius 1 is 1.12 bits per heavy atom. The second-order valence-corrected chi connectivity index (χ2v) is 7.78. The molecular formula is C21H23NO2S. The highest BCUT2D eigenvalue weighted by Gasteiger charge is 2.19. The Kier molecular flexibility index (Phi) is 4.38. The molecular weight excluding hydrogens is 330 g/mol. The molecule has 0 spiro atoms.